The number of halogens is 1. The number of ether oxygens (including phenoxy) is 1. The number of hydrogen-bond donors (Lipinski definition) is 1. The molecule has 0 bridgehead atoms. The molecule has 1 fully saturated rings. The minimum absolute atomic E-state index is 0.132. The summed E-state index contributed by atoms with van der Waals surface area (Å²) < 4.78 is 5.21. The van der Waals surface area contributed by atoms with E-state index in [1.165, 1.54) is 6.42 Å². The maximum absolute atomic E-state index is 12.3. The smallest absolute Gasteiger partial charge is 0.255 e. The van der Waals surface area contributed by atoms with Crippen molar-refractivity contribution in [3.05, 3.63) is 28.8 Å². The maximum Gasteiger partial charge on any atom is 0.255 e. The number of benzene rings is 1. The quantitative estimate of drug-likeness (QED) is 0.908. The third-order valence-corrected chi connectivity index (χ3v) is 4.04. The molecule has 1 saturated heterocycles. The molecule has 1 aliphatic rings. The van der Waals surface area contributed by atoms with Gasteiger partial charge in [-0.1, -0.05) is 18.5 Å². The summed E-state index contributed by atoms with van der Waals surface area (Å²) in [6.45, 7) is 4.97. The van der Waals surface area contributed by atoms with E-state index >= 15 is 0 Å². The Morgan fingerprint density at radius 1 is 1.55 bits per heavy atom. The van der Waals surface area contributed by atoms with Crippen LogP contribution in [0, 0.1) is 0 Å². The Balaban J connectivity index is 2.00. The molecule has 0 radical (unpaired) electrons. The standard InChI is InChI=1S/C15H21ClN2O2/c1-3-18-8-4-5-12(18)10-17-15(19)13-9-11(16)6-7-14(13)20-2/h6-7,9,12H,3-5,8,10H2,1-2H3,(H,17,19). The first-order chi connectivity index (χ1) is 9.65. The van der Waals surface area contributed by atoms with Crippen LogP contribution >= 0.6 is 11.6 Å². The molecule has 5 heteroatoms. The molecule has 1 N–H and O–H groups in total. The van der Waals surface area contributed by atoms with Crippen molar-refractivity contribution in [1.29, 1.82) is 0 Å². The topological polar surface area (TPSA) is 41.6 Å². The fourth-order valence-corrected chi connectivity index (χ4v) is 2.88. The van der Waals surface area contributed by atoms with E-state index in [0.717, 1.165) is 19.5 Å². The Bertz CT molecular complexity index is 479. The summed E-state index contributed by atoms with van der Waals surface area (Å²) in [4.78, 5) is 14.7. The van der Waals surface area contributed by atoms with Gasteiger partial charge >= 0.3 is 0 Å². The Morgan fingerprint density at radius 3 is 3.05 bits per heavy atom. The minimum atomic E-state index is -0.132. The van der Waals surface area contributed by atoms with Crippen molar-refractivity contribution in [3.63, 3.8) is 0 Å². The first-order valence-electron chi connectivity index (χ1n) is 7.01. The third kappa shape index (κ3) is 3.44. The molecule has 1 heterocycles. The number of nitrogens with zero attached hydrogens (tertiary/aromatic N) is 1. The highest BCUT2D eigenvalue weighted by Gasteiger charge is 2.23. The van der Waals surface area contributed by atoms with Crippen molar-refractivity contribution < 1.29 is 9.53 Å². The first-order valence-corrected chi connectivity index (χ1v) is 7.39. The highest BCUT2D eigenvalue weighted by atomic mass is 35.5. The molecule has 0 aromatic heterocycles. The van der Waals surface area contributed by atoms with Crippen LogP contribution in [0.3, 0.4) is 0 Å². The van der Waals surface area contributed by atoms with Gasteiger partial charge in [0.15, 0.2) is 0 Å². The Labute approximate surface area is 125 Å². The molecule has 1 amide bonds. The number of amides is 1. The summed E-state index contributed by atoms with van der Waals surface area (Å²) in [5.74, 6) is 0.415. The molecule has 1 aromatic rings. The average Bonchev–Trinajstić information content (AvgIpc) is 2.92. The molecule has 1 aliphatic heterocycles. The molecule has 0 spiro atoms. The zero-order valence-electron chi connectivity index (χ0n) is 12.0. The summed E-state index contributed by atoms with van der Waals surface area (Å²) >= 11 is 5.95. The van der Waals surface area contributed by atoms with Crippen molar-refractivity contribution in [3.8, 4) is 5.75 Å². The third-order valence-electron chi connectivity index (χ3n) is 3.81. The van der Waals surface area contributed by atoms with Gasteiger partial charge < -0.3 is 10.1 Å². The summed E-state index contributed by atoms with van der Waals surface area (Å²) in [6.07, 6.45) is 2.34. The number of methoxy groups -OCH3 is 1. The predicted octanol–water partition coefficient (Wildman–Crippen LogP) is 2.56. The van der Waals surface area contributed by atoms with E-state index in [1.54, 1.807) is 25.3 Å². The van der Waals surface area contributed by atoms with Crippen LogP contribution in [-0.4, -0.2) is 43.6 Å². The van der Waals surface area contributed by atoms with Crippen LogP contribution in [-0.2, 0) is 0 Å². The van der Waals surface area contributed by atoms with Crippen LogP contribution in [0.2, 0.25) is 5.02 Å². The lowest BCUT2D eigenvalue weighted by Gasteiger charge is -2.23. The van der Waals surface area contributed by atoms with E-state index in [4.69, 9.17) is 16.3 Å². The fourth-order valence-electron chi connectivity index (χ4n) is 2.71. The lowest BCUT2D eigenvalue weighted by atomic mass is 10.1. The average molecular weight is 297 g/mol. The molecule has 0 saturated carbocycles. The lowest BCUT2D eigenvalue weighted by molar-refractivity contribution is 0.0938. The number of carbonyl (C=O) groups excluding carboxylic acids is 1. The van der Waals surface area contributed by atoms with Gasteiger partial charge in [-0.3, -0.25) is 9.69 Å². The molecule has 1 aromatic carbocycles. The molecular weight excluding hydrogens is 276 g/mol. The monoisotopic (exact) mass is 296 g/mol. The van der Waals surface area contributed by atoms with Crippen LogP contribution < -0.4 is 10.1 Å². The summed E-state index contributed by atoms with van der Waals surface area (Å²) in [7, 11) is 1.55. The number of rotatable bonds is 5. The van der Waals surface area contributed by atoms with E-state index in [0.29, 0.717) is 28.9 Å². The molecule has 110 valence electrons. The van der Waals surface area contributed by atoms with Gasteiger partial charge in [0, 0.05) is 17.6 Å². The van der Waals surface area contributed by atoms with Gasteiger partial charge in [0.25, 0.3) is 5.91 Å². The zero-order valence-corrected chi connectivity index (χ0v) is 12.7. The minimum Gasteiger partial charge on any atom is -0.496 e. The van der Waals surface area contributed by atoms with Crippen LogP contribution in [0.25, 0.3) is 0 Å². The summed E-state index contributed by atoms with van der Waals surface area (Å²) in [6, 6.07) is 5.51. The number of likely N-dealkylation sites (tertiary alicyclic amines) is 1. The second-order valence-electron chi connectivity index (χ2n) is 4.98. The summed E-state index contributed by atoms with van der Waals surface area (Å²) in [5.41, 5.74) is 0.487. The molecule has 1 atom stereocenters. The number of nitrogens with one attached hydrogen (secondary N) is 1. The Kier molecular flexibility index (Phi) is 5.26. The molecule has 4 nitrogen and oxygen atoms in total. The second-order valence-corrected chi connectivity index (χ2v) is 5.42. The maximum atomic E-state index is 12.3. The van der Waals surface area contributed by atoms with Crippen molar-refractivity contribution >= 4 is 17.5 Å². The summed E-state index contributed by atoms with van der Waals surface area (Å²) in [5, 5.41) is 3.52. The number of hydrogen-bond acceptors (Lipinski definition) is 3. The molecular formula is C15H21ClN2O2. The van der Waals surface area contributed by atoms with Gasteiger partial charge in [0.1, 0.15) is 5.75 Å². The van der Waals surface area contributed by atoms with E-state index in [9.17, 15) is 4.79 Å². The van der Waals surface area contributed by atoms with Crippen LogP contribution in [0.1, 0.15) is 30.1 Å². The molecule has 20 heavy (non-hydrogen) atoms. The first kappa shape index (κ1) is 15.1. The van der Waals surface area contributed by atoms with Crippen LogP contribution in [0.15, 0.2) is 18.2 Å². The van der Waals surface area contributed by atoms with Gasteiger partial charge in [-0.05, 0) is 44.1 Å². The van der Waals surface area contributed by atoms with Crippen molar-refractivity contribution in [2.24, 2.45) is 0 Å². The molecule has 1 unspecified atom stereocenters. The lowest BCUT2D eigenvalue weighted by Crippen LogP contribution is -2.40. The van der Waals surface area contributed by atoms with Gasteiger partial charge in [0.05, 0.1) is 12.7 Å². The van der Waals surface area contributed by atoms with Gasteiger partial charge in [0.2, 0.25) is 0 Å². The zero-order chi connectivity index (χ0) is 14.5. The largest absolute Gasteiger partial charge is 0.496 e. The second kappa shape index (κ2) is 6.95. The SMILES string of the molecule is CCN1CCCC1CNC(=O)c1cc(Cl)ccc1OC. The van der Waals surface area contributed by atoms with Gasteiger partial charge in [-0.2, -0.15) is 0 Å². The molecule has 2 rings (SSSR count). The molecule has 0 aliphatic carbocycles. The predicted molar refractivity (Wildman–Crippen MR) is 80.6 cm³/mol. The fraction of sp³-hybridized carbons (Fsp3) is 0.533. The van der Waals surface area contributed by atoms with Crippen LogP contribution in [0.4, 0.5) is 0 Å². The van der Waals surface area contributed by atoms with E-state index in [2.05, 4.69) is 17.1 Å². The van der Waals surface area contributed by atoms with Crippen molar-refractivity contribution in [1.82, 2.24) is 10.2 Å². The Morgan fingerprint density at radius 2 is 2.35 bits per heavy atom. The number of likely N-dealkylation sites (N-methyl/N-ethyl adjacent to an activating group) is 1. The van der Waals surface area contributed by atoms with E-state index < -0.39 is 0 Å². The van der Waals surface area contributed by atoms with Gasteiger partial charge in [-0.15, -0.1) is 0 Å². The van der Waals surface area contributed by atoms with E-state index in [-0.39, 0.29) is 5.91 Å². The van der Waals surface area contributed by atoms with Gasteiger partial charge in [-0.25, -0.2) is 0 Å². The number of carbonyl (C=O) groups is 1. The Hall–Kier alpha value is -1.26. The van der Waals surface area contributed by atoms with Crippen molar-refractivity contribution in [2.75, 3.05) is 26.7 Å². The highest BCUT2D eigenvalue weighted by Crippen LogP contribution is 2.22. The van der Waals surface area contributed by atoms with Crippen molar-refractivity contribution in [2.45, 2.75) is 25.8 Å². The van der Waals surface area contributed by atoms with E-state index in [1.807, 2.05) is 0 Å². The normalized spacial score (nSPS) is 19.1. The van der Waals surface area contributed by atoms with Crippen LogP contribution in [0.5, 0.6) is 5.75 Å². The highest BCUT2D eigenvalue weighted by molar-refractivity contribution is 6.31.